The van der Waals surface area contributed by atoms with Crippen molar-refractivity contribution in [3.8, 4) is 5.75 Å². The molecular weight excluding hydrogens is 174 g/mol. The highest BCUT2D eigenvalue weighted by atomic mass is 16.3. The van der Waals surface area contributed by atoms with Gasteiger partial charge in [-0.3, -0.25) is 0 Å². The molecule has 0 radical (unpaired) electrons. The molecule has 0 aliphatic carbocycles. The van der Waals surface area contributed by atoms with Crippen LogP contribution in [0.3, 0.4) is 0 Å². The number of unbranched alkanes of at least 4 members (excludes halogenated alkanes) is 1. The van der Waals surface area contributed by atoms with Crippen LogP contribution < -0.4 is 5.73 Å². The van der Waals surface area contributed by atoms with E-state index in [1.807, 2.05) is 12.1 Å². The van der Waals surface area contributed by atoms with Gasteiger partial charge in [-0.25, -0.2) is 0 Å². The van der Waals surface area contributed by atoms with Gasteiger partial charge in [-0.1, -0.05) is 31.9 Å². The Labute approximate surface area is 85.8 Å². The molecule has 78 valence electrons. The van der Waals surface area contributed by atoms with Crippen LogP contribution in [0.25, 0.3) is 0 Å². The van der Waals surface area contributed by atoms with Crippen molar-refractivity contribution < 1.29 is 5.11 Å². The monoisotopic (exact) mass is 193 g/mol. The Bertz CT molecular complexity index is 273. The molecule has 2 nitrogen and oxygen atoms in total. The summed E-state index contributed by atoms with van der Waals surface area (Å²) in [4.78, 5) is 0. The van der Waals surface area contributed by atoms with E-state index in [9.17, 15) is 5.11 Å². The molecule has 2 heteroatoms. The first kappa shape index (κ1) is 11.1. The third-order valence-electron chi connectivity index (χ3n) is 2.34. The van der Waals surface area contributed by atoms with Crippen LogP contribution in [0.5, 0.6) is 5.75 Å². The Morgan fingerprint density at radius 2 is 2.21 bits per heavy atom. The maximum Gasteiger partial charge on any atom is 0.115 e. The molecular formula is C12H19NO. The van der Waals surface area contributed by atoms with Crippen molar-refractivity contribution in [3.63, 3.8) is 0 Å². The number of phenols is 1. The molecule has 1 rings (SSSR count). The zero-order valence-electron chi connectivity index (χ0n) is 8.74. The van der Waals surface area contributed by atoms with Crippen LogP contribution >= 0.6 is 0 Å². The van der Waals surface area contributed by atoms with E-state index in [0.29, 0.717) is 5.75 Å². The predicted molar refractivity (Wildman–Crippen MR) is 59.3 cm³/mol. The summed E-state index contributed by atoms with van der Waals surface area (Å²) < 4.78 is 0. The first-order valence-corrected chi connectivity index (χ1v) is 5.26. The van der Waals surface area contributed by atoms with Gasteiger partial charge < -0.3 is 10.8 Å². The lowest BCUT2D eigenvalue weighted by atomic mass is 10.0. The molecule has 0 fully saturated rings. The minimum atomic E-state index is 0.219. The first-order chi connectivity index (χ1) is 6.72. The van der Waals surface area contributed by atoms with Crippen molar-refractivity contribution >= 4 is 0 Å². The van der Waals surface area contributed by atoms with E-state index in [1.165, 1.54) is 12.8 Å². The molecule has 0 aromatic heterocycles. The van der Waals surface area contributed by atoms with E-state index < -0.39 is 0 Å². The molecule has 0 heterocycles. The van der Waals surface area contributed by atoms with Crippen molar-refractivity contribution in [1.29, 1.82) is 0 Å². The van der Waals surface area contributed by atoms with Crippen LogP contribution in [0.15, 0.2) is 24.3 Å². The van der Waals surface area contributed by atoms with Crippen LogP contribution in [0.4, 0.5) is 0 Å². The van der Waals surface area contributed by atoms with Gasteiger partial charge in [-0.05, 0) is 30.5 Å². The topological polar surface area (TPSA) is 46.2 Å². The molecule has 14 heavy (non-hydrogen) atoms. The quantitative estimate of drug-likeness (QED) is 0.754. The number of nitrogens with two attached hydrogens (primary N) is 1. The second-order valence-corrected chi connectivity index (χ2v) is 3.78. The highest BCUT2D eigenvalue weighted by molar-refractivity contribution is 5.27. The summed E-state index contributed by atoms with van der Waals surface area (Å²) in [5.74, 6) is 0.324. The molecule has 0 saturated carbocycles. The van der Waals surface area contributed by atoms with Gasteiger partial charge in [0.25, 0.3) is 0 Å². The Morgan fingerprint density at radius 3 is 2.86 bits per heavy atom. The number of hydrogen-bond donors (Lipinski definition) is 2. The number of aromatic hydroxyl groups is 1. The zero-order valence-corrected chi connectivity index (χ0v) is 8.74. The normalized spacial score (nSPS) is 12.7. The van der Waals surface area contributed by atoms with Crippen molar-refractivity contribution in [2.24, 2.45) is 5.73 Å². The van der Waals surface area contributed by atoms with Crippen LogP contribution in [-0.2, 0) is 6.42 Å². The largest absolute Gasteiger partial charge is 0.508 e. The lowest BCUT2D eigenvalue weighted by Crippen LogP contribution is -2.22. The molecule has 0 spiro atoms. The van der Waals surface area contributed by atoms with Gasteiger partial charge in [-0.2, -0.15) is 0 Å². The average molecular weight is 193 g/mol. The molecule has 1 unspecified atom stereocenters. The zero-order chi connectivity index (χ0) is 10.4. The molecule has 0 aliphatic rings. The van der Waals surface area contributed by atoms with Gasteiger partial charge in [0.05, 0.1) is 0 Å². The Hall–Kier alpha value is -1.02. The first-order valence-electron chi connectivity index (χ1n) is 5.26. The van der Waals surface area contributed by atoms with Gasteiger partial charge in [-0.15, -0.1) is 0 Å². The highest BCUT2D eigenvalue weighted by Gasteiger charge is 2.03. The number of hydrogen-bond acceptors (Lipinski definition) is 2. The predicted octanol–water partition coefficient (Wildman–Crippen LogP) is 2.45. The Balaban J connectivity index is 2.43. The summed E-state index contributed by atoms with van der Waals surface area (Å²) in [6.45, 7) is 2.17. The lowest BCUT2D eigenvalue weighted by molar-refractivity contribution is 0.473. The SMILES string of the molecule is CCCCC(N)Cc1cccc(O)c1. The molecule has 0 amide bonds. The maximum absolute atomic E-state index is 9.26. The van der Waals surface area contributed by atoms with E-state index in [0.717, 1.165) is 18.4 Å². The summed E-state index contributed by atoms with van der Waals surface area (Å²) in [7, 11) is 0. The number of phenolic OH excluding ortho intramolecular Hbond substituents is 1. The van der Waals surface area contributed by atoms with E-state index >= 15 is 0 Å². The lowest BCUT2D eigenvalue weighted by Gasteiger charge is -2.10. The van der Waals surface area contributed by atoms with Gasteiger partial charge in [0.1, 0.15) is 5.75 Å². The van der Waals surface area contributed by atoms with Gasteiger partial charge in [0.2, 0.25) is 0 Å². The molecule has 1 aromatic rings. The standard InChI is InChI=1S/C12H19NO/c1-2-3-6-11(13)8-10-5-4-7-12(14)9-10/h4-5,7,9,11,14H,2-3,6,8,13H2,1H3. The van der Waals surface area contributed by atoms with Crippen molar-refractivity contribution in [2.45, 2.75) is 38.6 Å². The minimum absolute atomic E-state index is 0.219. The second kappa shape index (κ2) is 5.66. The van der Waals surface area contributed by atoms with E-state index in [1.54, 1.807) is 12.1 Å². The smallest absolute Gasteiger partial charge is 0.115 e. The molecule has 3 N–H and O–H groups in total. The molecule has 1 aromatic carbocycles. The van der Waals surface area contributed by atoms with Crippen molar-refractivity contribution in [3.05, 3.63) is 29.8 Å². The second-order valence-electron chi connectivity index (χ2n) is 3.78. The summed E-state index contributed by atoms with van der Waals surface area (Å²) in [6, 6.07) is 7.55. The summed E-state index contributed by atoms with van der Waals surface area (Å²) in [5.41, 5.74) is 7.08. The van der Waals surface area contributed by atoms with Gasteiger partial charge >= 0.3 is 0 Å². The third-order valence-corrected chi connectivity index (χ3v) is 2.34. The maximum atomic E-state index is 9.26. The van der Waals surface area contributed by atoms with Crippen molar-refractivity contribution in [1.82, 2.24) is 0 Å². The van der Waals surface area contributed by atoms with Crippen molar-refractivity contribution in [2.75, 3.05) is 0 Å². The number of rotatable bonds is 5. The minimum Gasteiger partial charge on any atom is -0.508 e. The third kappa shape index (κ3) is 3.79. The fourth-order valence-electron chi connectivity index (χ4n) is 1.55. The molecule has 0 aliphatic heterocycles. The van der Waals surface area contributed by atoms with Crippen LogP contribution in [0.1, 0.15) is 31.7 Å². The fraction of sp³-hybridized carbons (Fsp3) is 0.500. The summed E-state index contributed by atoms with van der Waals surface area (Å²) in [5, 5.41) is 9.26. The molecule has 0 bridgehead atoms. The Kier molecular flexibility index (Phi) is 4.47. The highest BCUT2D eigenvalue weighted by Crippen LogP contribution is 2.13. The van der Waals surface area contributed by atoms with Crippen LogP contribution in [0, 0.1) is 0 Å². The van der Waals surface area contributed by atoms with E-state index in [-0.39, 0.29) is 6.04 Å². The average Bonchev–Trinajstić information content (AvgIpc) is 2.15. The van der Waals surface area contributed by atoms with E-state index in [2.05, 4.69) is 6.92 Å². The van der Waals surface area contributed by atoms with Crippen LogP contribution in [0.2, 0.25) is 0 Å². The fourth-order valence-corrected chi connectivity index (χ4v) is 1.55. The molecule has 1 atom stereocenters. The molecule has 0 saturated heterocycles. The van der Waals surface area contributed by atoms with E-state index in [4.69, 9.17) is 5.73 Å². The van der Waals surface area contributed by atoms with Crippen LogP contribution in [-0.4, -0.2) is 11.1 Å². The number of benzene rings is 1. The summed E-state index contributed by atoms with van der Waals surface area (Å²) in [6.07, 6.45) is 4.29. The Morgan fingerprint density at radius 1 is 1.43 bits per heavy atom. The van der Waals surface area contributed by atoms with Gasteiger partial charge in [0, 0.05) is 6.04 Å². The van der Waals surface area contributed by atoms with Gasteiger partial charge in [0.15, 0.2) is 0 Å². The summed E-state index contributed by atoms with van der Waals surface area (Å²) >= 11 is 0.